The summed E-state index contributed by atoms with van der Waals surface area (Å²) in [5.74, 6) is -0.752. The summed E-state index contributed by atoms with van der Waals surface area (Å²) in [6.07, 6.45) is 4.29. The van der Waals surface area contributed by atoms with Gasteiger partial charge in [0, 0.05) is 26.7 Å². The van der Waals surface area contributed by atoms with Crippen LogP contribution in [0.5, 0.6) is 0 Å². The largest absolute Gasteiger partial charge is 0.352 e. The van der Waals surface area contributed by atoms with E-state index in [1.807, 2.05) is 6.92 Å². The molecule has 1 N–H and O–H groups in total. The number of hydrogen-bond donors (Lipinski definition) is 1. The van der Waals surface area contributed by atoms with E-state index >= 15 is 0 Å². The highest BCUT2D eigenvalue weighted by molar-refractivity contribution is 7.90. The number of rotatable bonds is 11. The van der Waals surface area contributed by atoms with Gasteiger partial charge in [-0.1, -0.05) is 67.2 Å². The van der Waals surface area contributed by atoms with Gasteiger partial charge < -0.3 is 10.2 Å². The fourth-order valence-electron chi connectivity index (χ4n) is 4.43. The number of nitrogens with zero attached hydrogens (tertiary/aromatic N) is 3. The molecule has 0 heterocycles. The summed E-state index contributed by atoms with van der Waals surface area (Å²) < 4.78 is 28.5. The molecule has 2 aromatic rings. The standard InChI is InChI=1S/C26H34Cl2N4O4S/c1-4-24(26(34)29-20-10-8-9-11-20)31(17-19-14-15-22(27)23(28)16-19)25(33)18-32(37(35,36)30(2)3)21-12-6-5-7-13-21/h5-7,12-16,20,24H,4,8-11,17-18H2,1-3H3,(H,29,34). The van der Waals surface area contributed by atoms with E-state index in [4.69, 9.17) is 23.2 Å². The molecule has 1 fully saturated rings. The highest BCUT2D eigenvalue weighted by atomic mass is 35.5. The lowest BCUT2D eigenvalue weighted by atomic mass is 10.1. The van der Waals surface area contributed by atoms with E-state index in [2.05, 4.69) is 5.32 Å². The lowest BCUT2D eigenvalue weighted by Gasteiger charge is -2.34. The van der Waals surface area contributed by atoms with Crippen molar-refractivity contribution in [2.45, 2.75) is 57.7 Å². The number of halogens is 2. The molecule has 0 aliphatic heterocycles. The Balaban J connectivity index is 1.96. The lowest BCUT2D eigenvalue weighted by molar-refractivity contribution is -0.140. The predicted octanol–water partition coefficient (Wildman–Crippen LogP) is 4.47. The van der Waals surface area contributed by atoms with Crippen LogP contribution in [-0.4, -0.2) is 62.2 Å². The zero-order valence-corrected chi connectivity index (χ0v) is 23.7. The number of carbonyl (C=O) groups is 2. The summed E-state index contributed by atoms with van der Waals surface area (Å²) in [5, 5.41) is 3.79. The molecule has 8 nitrogen and oxygen atoms in total. The van der Waals surface area contributed by atoms with Crippen LogP contribution in [0.15, 0.2) is 48.5 Å². The average molecular weight is 570 g/mol. The fraction of sp³-hybridized carbons (Fsp3) is 0.462. The molecular formula is C26H34Cl2N4O4S. The van der Waals surface area contributed by atoms with E-state index in [9.17, 15) is 18.0 Å². The molecule has 1 aliphatic rings. The van der Waals surface area contributed by atoms with Crippen LogP contribution in [0.2, 0.25) is 10.0 Å². The minimum atomic E-state index is -4.00. The minimum absolute atomic E-state index is 0.0664. The fourth-order valence-corrected chi connectivity index (χ4v) is 5.81. The van der Waals surface area contributed by atoms with Crippen molar-refractivity contribution in [2.24, 2.45) is 0 Å². The van der Waals surface area contributed by atoms with E-state index in [-0.39, 0.29) is 18.5 Å². The molecule has 11 heteroatoms. The highest BCUT2D eigenvalue weighted by Gasteiger charge is 2.34. The third-order valence-corrected chi connectivity index (χ3v) is 9.05. The molecule has 1 unspecified atom stereocenters. The number of para-hydroxylation sites is 1. The predicted molar refractivity (Wildman–Crippen MR) is 148 cm³/mol. The van der Waals surface area contributed by atoms with Gasteiger partial charge in [0.2, 0.25) is 11.8 Å². The van der Waals surface area contributed by atoms with Gasteiger partial charge in [0.05, 0.1) is 15.7 Å². The molecule has 1 saturated carbocycles. The van der Waals surface area contributed by atoms with Crippen LogP contribution in [0.3, 0.4) is 0 Å². The van der Waals surface area contributed by atoms with Crippen LogP contribution in [0.1, 0.15) is 44.6 Å². The summed E-state index contributed by atoms with van der Waals surface area (Å²) in [6.45, 7) is 1.43. The quantitative estimate of drug-likeness (QED) is 0.433. The molecule has 0 spiro atoms. The van der Waals surface area contributed by atoms with Gasteiger partial charge in [-0.05, 0) is 49.1 Å². The van der Waals surface area contributed by atoms with Crippen molar-refractivity contribution in [3.63, 3.8) is 0 Å². The Morgan fingerprint density at radius 2 is 1.68 bits per heavy atom. The number of carbonyl (C=O) groups excluding carboxylic acids is 2. The summed E-state index contributed by atoms with van der Waals surface area (Å²) >= 11 is 12.3. The molecule has 0 aromatic heterocycles. The maximum Gasteiger partial charge on any atom is 0.304 e. The summed E-state index contributed by atoms with van der Waals surface area (Å²) in [4.78, 5) is 28.6. The summed E-state index contributed by atoms with van der Waals surface area (Å²) in [7, 11) is -1.18. The number of nitrogens with one attached hydrogen (secondary N) is 1. The second-order valence-electron chi connectivity index (χ2n) is 9.32. The van der Waals surface area contributed by atoms with Gasteiger partial charge in [0.15, 0.2) is 0 Å². The Labute approximate surface area is 229 Å². The van der Waals surface area contributed by atoms with Gasteiger partial charge in [-0.25, -0.2) is 4.31 Å². The average Bonchev–Trinajstić information content (AvgIpc) is 3.37. The second kappa shape index (κ2) is 13.0. The molecule has 202 valence electrons. The minimum Gasteiger partial charge on any atom is -0.352 e. The van der Waals surface area contributed by atoms with Gasteiger partial charge in [0.25, 0.3) is 0 Å². The highest BCUT2D eigenvalue weighted by Crippen LogP contribution is 2.25. The Morgan fingerprint density at radius 3 is 2.24 bits per heavy atom. The first-order valence-corrected chi connectivity index (χ1v) is 14.5. The molecule has 1 aliphatic carbocycles. The third-order valence-electron chi connectivity index (χ3n) is 6.49. The van der Waals surface area contributed by atoms with E-state index < -0.39 is 28.7 Å². The number of hydrogen-bond acceptors (Lipinski definition) is 4. The van der Waals surface area contributed by atoms with Gasteiger partial charge >= 0.3 is 10.2 Å². The second-order valence-corrected chi connectivity index (χ2v) is 12.2. The zero-order valence-electron chi connectivity index (χ0n) is 21.4. The molecule has 1 atom stereocenters. The Hall–Kier alpha value is -2.33. The zero-order chi connectivity index (χ0) is 27.2. The summed E-state index contributed by atoms with van der Waals surface area (Å²) in [6, 6.07) is 12.7. The normalized spacial score (nSPS) is 15.0. The monoisotopic (exact) mass is 568 g/mol. The van der Waals surface area contributed by atoms with E-state index in [1.54, 1.807) is 48.5 Å². The SMILES string of the molecule is CCC(C(=O)NC1CCCC1)N(Cc1ccc(Cl)c(Cl)c1)C(=O)CN(c1ccccc1)S(=O)(=O)N(C)C. The number of anilines is 1. The topological polar surface area (TPSA) is 90.0 Å². The Morgan fingerprint density at radius 1 is 1.03 bits per heavy atom. The van der Waals surface area contributed by atoms with Gasteiger partial charge in [-0.3, -0.25) is 9.59 Å². The molecule has 0 radical (unpaired) electrons. The van der Waals surface area contributed by atoms with E-state index in [1.165, 1.54) is 19.0 Å². The van der Waals surface area contributed by atoms with Crippen LogP contribution in [0.25, 0.3) is 0 Å². The van der Waals surface area contributed by atoms with Crippen molar-refractivity contribution in [3.05, 3.63) is 64.1 Å². The lowest BCUT2D eigenvalue weighted by Crippen LogP contribution is -2.54. The van der Waals surface area contributed by atoms with Crippen molar-refractivity contribution >= 4 is 50.9 Å². The maximum absolute atomic E-state index is 13.9. The molecule has 0 bridgehead atoms. The molecule has 3 rings (SSSR count). The van der Waals surface area contributed by atoms with Crippen molar-refractivity contribution in [2.75, 3.05) is 24.9 Å². The van der Waals surface area contributed by atoms with Crippen LogP contribution in [-0.2, 0) is 26.3 Å². The first-order valence-electron chi connectivity index (χ1n) is 12.3. The Bertz CT molecular complexity index is 1190. The van der Waals surface area contributed by atoms with E-state index in [0.29, 0.717) is 27.7 Å². The maximum atomic E-state index is 13.9. The number of amides is 2. The van der Waals surface area contributed by atoms with Crippen LogP contribution in [0.4, 0.5) is 5.69 Å². The van der Waals surface area contributed by atoms with Crippen molar-refractivity contribution < 1.29 is 18.0 Å². The molecule has 0 saturated heterocycles. The molecule has 37 heavy (non-hydrogen) atoms. The number of benzene rings is 2. The van der Waals surface area contributed by atoms with Crippen molar-refractivity contribution in [1.29, 1.82) is 0 Å². The van der Waals surface area contributed by atoms with Crippen LogP contribution >= 0.6 is 23.2 Å². The van der Waals surface area contributed by atoms with Gasteiger partial charge in [0.1, 0.15) is 12.6 Å². The smallest absolute Gasteiger partial charge is 0.304 e. The van der Waals surface area contributed by atoms with Gasteiger partial charge in [-0.15, -0.1) is 0 Å². The van der Waals surface area contributed by atoms with Crippen LogP contribution < -0.4 is 9.62 Å². The summed E-state index contributed by atoms with van der Waals surface area (Å²) in [5.41, 5.74) is 1.03. The van der Waals surface area contributed by atoms with Crippen molar-refractivity contribution in [1.82, 2.24) is 14.5 Å². The van der Waals surface area contributed by atoms with Crippen LogP contribution in [0, 0.1) is 0 Å². The molecule has 2 amide bonds. The molecular weight excluding hydrogens is 535 g/mol. The van der Waals surface area contributed by atoms with E-state index in [0.717, 1.165) is 34.3 Å². The first-order chi connectivity index (χ1) is 17.5. The van der Waals surface area contributed by atoms with Gasteiger partial charge in [-0.2, -0.15) is 12.7 Å². The Kier molecular flexibility index (Phi) is 10.2. The third kappa shape index (κ3) is 7.37. The van der Waals surface area contributed by atoms with Crippen molar-refractivity contribution in [3.8, 4) is 0 Å². The first kappa shape index (κ1) is 29.2. The molecule has 2 aromatic carbocycles.